The van der Waals surface area contributed by atoms with Gasteiger partial charge in [0.15, 0.2) is 0 Å². The molecular weight excluding hydrogens is 334 g/mol. The fourth-order valence-electron chi connectivity index (χ4n) is 3.00. The first-order chi connectivity index (χ1) is 12.2. The monoisotopic (exact) mass is 363 g/mol. The first-order valence-corrected chi connectivity index (χ1v) is 10.4. The molecule has 2 unspecified atom stereocenters. The van der Waals surface area contributed by atoms with Crippen molar-refractivity contribution in [2.45, 2.75) is 31.7 Å². The fourth-order valence-corrected chi connectivity index (χ4v) is 3.47. The fraction of sp³-hybridized carbons (Fsp3) is 0.579. The maximum absolute atomic E-state index is 12.5. The Balaban J connectivity index is 1.83. The van der Waals surface area contributed by atoms with Gasteiger partial charge in [-0.15, -0.1) is 0 Å². The maximum atomic E-state index is 12.5. The molecule has 0 spiro atoms. The molecule has 1 aliphatic heterocycles. The zero-order valence-electron chi connectivity index (χ0n) is 14.9. The molecule has 0 aromatic heterocycles. The smallest absolute Gasteiger partial charge is 0.242 e. The van der Waals surface area contributed by atoms with Gasteiger partial charge in [0.05, 0.1) is 6.42 Å². The number of carbonyl (C=O) groups is 2. The molecule has 0 aliphatic carbocycles. The Hall–Kier alpha value is -1.53. The predicted molar refractivity (Wildman–Crippen MR) is 104 cm³/mol. The number of nitrogens with one attached hydrogen (secondary N) is 3. The Morgan fingerprint density at radius 1 is 1.32 bits per heavy atom. The number of piperidine rings is 1. The van der Waals surface area contributed by atoms with Gasteiger partial charge >= 0.3 is 0 Å². The van der Waals surface area contributed by atoms with Crippen LogP contribution in [0.2, 0.25) is 0 Å². The van der Waals surface area contributed by atoms with Crippen molar-refractivity contribution >= 4 is 23.6 Å². The molecule has 138 valence electrons. The Bertz CT molecular complexity index is 533. The Morgan fingerprint density at radius 2 is 2.12 bits per heavy atom. The van der Waals surface area contributed by atoms with Gasteiger partial charge in [0.2, 0.25) is 11.8 Å². The summed E-state index contributed by atoms with van der Waals surface area (Å²) in [6, 6.07) is 9.15. The summed E-state index contributed by atoms with van der Waals surface area (Å²) in [7, 11) is 0. The van der Waals surface area contributed by atoms with Gasteiger partial charge in [0.25, 0.3) is 0 Å². The van der Waals surface area contributed by atoms with Gasteiger partial charge in [-0.2, -0.15) is 11.8 Å². The van der Waals surface area contributed by atoms with Crippen LogP contribution >= 0.6 is 11.8 Å². The molecule has 2 rings (SSSR count). The first-order valence-electron chi connectivity index (χ1n) is 8.99. The third kappa shape index (κ3) is 7.48. The molecule has 6 heteroatoms. The molecule has 1 aliphatic rings. The van der Waals surface area contributed by atoms with E-state index in [1.807, 2.05) is 36.6 Å². The second-order valence-electron chi connectivity index (χ2n) is 6.52. The van der Waals surface area contributed by atoms with Crippen LogP contribution in [0.1, 0.15) is 24.8 Å². The minimum absolute atomic E-state index is 0.0685. The van der Waals surface area contributed by atoms with E-state index in [1.165, 1.54) is 0 Å². The molecule has 2 amide bonds. The normalized spacial score (nSPS) is 18.4. The van der Waals surface area contributed by atoms with Gasteiger partial charge in [0.1, 0.15) is 6.04 Å². The van der Waals surface area contributed by atoms with Crippen LogP contribution in [0, 0.1) is 5.92 Å². The van der Waals surface area contributed by atoms with E-state index < -0.39 is 6.04 Å². The molecule has 1 aromatic rings. The van der Waals surface area contributed by atoms with Crippen molar-refractivity contribution in [2.24, 2.45) is 5.92 Å². The van der Waals surface area contributed by atoms with E-state index in [-0.39, 0.29) is 11.8 Å². The summed E-state index contributed by atoms with van der Waals surface area (Å²) >= 11 is 1.68. The first kappa shape index (κ1) is 19.8. The molecule has 1 aromatic carbocycles. The van der Waals surface area contributed by atoms with Crippen LogP contribution in [0.25, 0.3) is 0 Å². The van der Waals surface area contributed by atoms with Crippen molar-refractivity contribution in [3.05, 3.63) is 35.9 Å². The summed E-state index contributed by atoms with van der Waals surface area (Å²) < 4.78 is 0. The summed E-state index contributed by atoms with van der Waals surface area (Å²) in [5, 5.41) is 9.29. The molecule has 3 N–H and O–H groups in total. The van der Waals surface area contributed by atoms with E-state index in [2.05, 4.69) is 16.0 Å². The lowest BCUT2D eigenvalue weighted by Gasteiger charge is -2.24. The van der Waals surface area contributed by atoms with Crippen LogP contribution < -0.4 is 16.0 Å². The molecule has 1 heterocycles. The van der Waals surface area contributed by atoms with Gasteiger partial charge in [-0.05, 0) is 55.8 Å². The van der Waals surface area contributed by atoms with Crippen molar-refractivity contribution in [3.8, 4) is 0 Å². The van der Waals surface area contributed by atoms with Crippen molar-refractivity contribution in [2.75, 3.05) is 31.6 Å². The third-order valence-electron chi connectivity index (χ3n) is 4.43. The van der Waals surface area contributed by atoms with E-state index in [1.54, 1.807) is 11.8 Å². The molecule has 1 fully saturated rings. The highest BCUT2D eigenvalue weighted by molar-refractivity contribution is 7.98. The van der Waals surface area contributed by atoms with Crippen LogP contribution in [-0.2, 0) is 16.0 Å². The standard InChI is InChI=1S/C19H29N3O2S/c1-25-11-9-17(19(24)21-14-16-8-5-10-20-13-16)22-18(23)12-15-6-3-2-4-7-15/h2-4,6-7,16-17,20H,5,8-14H2,1H3,(H,21,24)(H,22,23). The SMILES string of the molecule is CSCCC(NC(=O)Cc1ccccc1)C(=O)NCC1CCCNC1. The zero-order chi connectivity index (χ0) is 17.9. The van der Waals surface area contributed by atoms with Gasteiger partial charge in [0, 0.05) is 6.54 Å². The van der Waals surface area contributed by atoms with Gasteiger partial charge in [-0.25, -0.2) is 0 Å². The van der Waals surface area contributed by atoms with Gasteiger partial charge in [-0.1, -0.05) is 30.3 Å². The highest BCUT2D eigenvalue weighted by Gasteiger charge is 2.22. The maximum Gasteiger partial charge on any atom is 0.242 e. The quantitative estimate of drug-likeness (QED) is 0.623. The minimum atomic E-state index is -0.458. The summed E-state index contributed by atoms with van der Waals surface area (Å²) in [6.45, 7) is 2.70. The number of thioether (sulfide) groups is 1. The average molecular weight is 364 g/mol. The summed E-state index contributed by atoms with van der Waals surface area (Å²) in [6.07, 6.45) is 5.26. The molecule has 25 heavy (non-hydrogen) atoms. The number of benzene rings is 1. The lowest BCUT2D eigenvalue weighted by atomic mass is 9.99. The number of hydrogen-bond donors (Lipinski definition) is 3. The predicted octanol–water partition coefficient (Wildman–Crippen LogP) is 1.58. The largest absolute Gasteiger partial charge is 0.354 e. The topological polar surface area (TPSA) is 70.2 Å². The third-order valence-corrected chi connectivity index (χ3v) is 5.08. The Kier molecular flexibility index (Phi) is 8.83. The van der Waals surface area contributed by atoms with Crippen molar-refractivity contribution in [1.82, 2.24) is 16.0 Å². The van der Waals surface area contributed by atoms with E-state index in [9.17, 15) is 9.59 Å². The summed E-state index contributed by atoms with van der Waals surface area (Å²) in [4.78, 5) is 24.8. The lowest BCUT2D eigenvalue weighted by Crippen LogP contribution is -2.49. The molecule has 5 nitrogen and oxygen atoms in total. The Morgan fingerprint density at radius 3 is 2.80 bits per heavy atom. The molecule has 2 atom stereocenters. The summed E-state index contributed by atoms with van der Waals surface area (Å²) in [5.41, 5.74) is 0.956. The summed E-state index contributed by atoms with van der Waals surface area (Å²) in [5.74, 6) is 1.15. The number of rotatable bonds is 9. The van der Waals surface area contributed by atoms with Crippen LogP contribution in [0.15, 0.2) is 30.3 Å². The van der Waals surface area contributed by atoms with E-state index >= 15 is 0 Å². The molecular formula is C19H29N3O2S. The zero-order valence-corrected chi connectivity index (χ0v) is 15.7. The number of carbonyl (C=O) groups excluding carboxylic acids is 2. The van der Waals surface area contributed by atoms with Gasteiger partial charge in [-0.3, -0.25) is 9.59 Å². The number of hydrogen-bond acceptors (Lipinski definition) is 4. The van der Waals surface area contributed by atoms with Crippen molar-refractivity contribution < 1.29 is 9.59 Å². The highest BCUT2D eigenvalue weighted by Crippen LogP contribution is 2.09. The van der Waals surface area contributed by atoms with Crippen LogP contribution in [0.3, 0.4) is 0 Å². The minimum Gasteiger partial charge on any atom is -0.354 e. The number of amides is 2. The van der Waals surface area contributed by atoms with Crippen LogP contribution in [0.4, 0.5) is 0 Å². The van der Waals surface area contributed by atoms with Crippen molar-refractivity contribution in [1.29, 1.82) is 0 Å². The van der Waals surface area contributed by atoms with Crippen molar-refractivity contribution in [3.63, 3.8) is 0 Å². The van der Waals surface area contributed by atoms with E-state index in [4.69, 9.17) is 0 Å². The second kappa shape index (κ2) is 11.2. The Labute approximate surface area is 154 Å². The van der Waals surface area contributed by atoms with E-state index in [0.29, 0.717) is 25.3 Å². The molecule has 0 radical (unpaired) electrons. The lowest BCUT2D eigenvalue weighted by molar-refractivity contribution is -0.128. The second-order valence-corrected chi connectivity index (χ2v) is 7.51. The van der Waals surface area contributed by atoms with Crippen LogP contribution in [0.5, 0.6) is 0 Å². The molecule has 0 saturated carbocycles. The molecule has 1 saturated heterocycles. The van der Waals surface area contributed by atoms with E-state index in [0.717, 1.165) is 37.2 Å². The highest BCUT2D eigenvalue weighted by atomic mass is 32.2. The van der Waals surface area contributed by atoms with Crippen LogP contribution in [-0.4, -0.2) is 49.5 Å². The average Bonchev–Trinajstić information content (AvgIpc) is 2.64. The van der Waals surface area contributed by atoms with Gasteiger partial charge < -0.3 is 16.0 Å². The molecule has 0 bridgehead atoms.